The molecule has 0 saturated carbocycles. The number of hydrogen-bond acceptors (Lipinski definition) is 4. The summed E-state index contributed by atoms with van der Waals surface area (Å²) in [5.74, 6) is -1.46. The highest BCUT2D eigenvalue weighted by Crippen LogP contribution is 2.52. The molecule has 2 saturated heterocycles. The average Bonchev–Trinajstić information content (AvgIpc) is 2.85. The van der Waals surface area contributed by atoms with Gasteiger partial charge in [-0.25, -0.2) is 4.39 Å². The van der Waals surface area contributed by atoms with Crippen molar-refractivity contribution in [1.29, 1.82) is 0 Å². The van der Waals surface area contributed by atoms with Crippen molar-refractivity contribution in [1.82, 2.24) is 10.2 Å². The number of rotatable bonds is 5. The molecule has 1 unspecified atom stereocenters. The van der Waals surface area contributed by atoms with Gasteiger partial charge in [-0.3, -0.25) is 4.79 Å². The van der Waals surface area contributed by atoms with Crippen LogP contribution < -0.4 is 10.1 Å². The third kappa shape index (κ3) is 4.29. The molecule has 4 rings (SSSR count). The third-order valence-electron chi connectivity index (χ3n) is 7.70. The Morgan fingerprint density at radius 3 is 2.31 bits per heavy atom. The summed E-state index contributed by atoms with van der Waals surface area (Å²) in [5, 5.41) is 3.36. The molecule has 1 N–H and O–H groups in total. The number of nitrogens with one attached hydrogen (secondary N) is 1. The van der Waals surface area contributed by atoms with E-state index in [9.17, 15) is 22.4 Å². The smallest absolute Gasteiger partial charge is 0.430 e. The first kappa shape index (κ1) is 25.4. The van der Waals surface area contributed by atoms with Gasteiger partial charge >= 0.3 is 6.18 Å². The number of methoxy groups -OCH3 is 2. The molecule has 0 aromatic heterocycles. The molecule has 2 atom stereocenters. The molecule has 2 aliphatic rings. The average molecular weight is 495 g/mol. The van der Waals surface area contributed by atoms with Crippen LogP contribution in [0, 0.1) is 11.2 Å². The molecule has 0 bridgehead atoms. The number of hydrogen-bond donors (Lipinski definition) is 1. The number of piperidine rings is 2. The minimum Gasteiger partial charge on any atom is -0.493 e. The minimum atomic E-state index is -4.94. The summed E-state index contributed by atoms with van der Waals surface area (Å²) in [6.07, 6.45) is -3.18. The largest absolute Gasteiger partial charge is 0.493 e. The zero-order valence-electron chi connectivity index (χ0n) is 19.8. The number of para-hydroxylation sites is 1. The van der Waals surface area contributed by atoms with Crippen LogP contribution >= 0.6 is 0 Å². The molecule has 0 radical (unpaired) electrons. The van der Waals surface area contributed by atoms with Crippen molar-refractivity contribution in [2.45, 2.75) is 37.0 Å². The van der Waals surface area contributed by atoms with E-state index in [2.05, 4.69) is 5.32 Å². The van der Waals surface area contributed by atoms with Gasteiger partial charge < -0.3 is 19.7 Å². The number of benzene rings is 2. The lowest BCUT2D eigenvalue weighted by Crippen LogP contribution is -2.59. The number of nitrogens with zero attached hydrogens (tertiary/aromatic N) is 1. The Balaban J connectivity index is 1.62. The van der Waals surface area contributed by atoms with Gasteiger partial charge in [-0.15, -0.1) is 0 Å². The maximum atomic E-state index is 14.5. The number of halogens is 4. The van der Waals surface area contributed by atoms with Crippen LogP contribution in [-0.4, -0.2) is 57.4 Å². The maximum Gasteiger partial charge on any atom is 0.430 e. The third-order valence-corrected chi connectivity index (χ3v) is 7.70. The Morgan fingerprint density at radius 2 is 1.71 bits per heavy atom. The van der Waals surface area contributed by atoms with Crippen LogP contribution in [0.25, 0.3) is 0 Å². The number of alkyl halides is 3. The lowest BCUT2D eigenvalue weighted by Gasteiger charge is -2.51. The van der Waals surface area contributed by atoms with Gasteiger partial charge in [0.25, 0.3) is 11.5 Å². The Kier molecular flexibility index (Phi) is 7.11. The summed E-state index contributed by atoms with van der Waals surface area (Å²) in [5.41, 5.74) is -2.86. The zero-order valence-corrected chi connectivity index (χ0v) is 19.8. The predicted molar refractivity (Wildman–Crippen MR) is 123 cm³/mol. The molecule has 0 aliphatic carbocycles. The molecule has 1 amide bonds. The van der Waals surface area contributed by atoms with Crippen LogP contribution in [0.5, 0.6) is 5.75 Å². The molecule has 35 heavy (non-hydrogen) atoms. The predicted octanol–water partition coefficient (Wildman–Crippen LogP) is 4.62. The van der Waals surface area contributed by atoms with Gasteiger partial charge in [0, 0.05) is 43.8 Å². The lowest BCUT2D eigenvalue weighted by molar-refractivity contribution is -0.271. The van der Waals surface area contributed by atoms with E-state index < -0.39 is 23.5 Å². The van der Waals surface area contributed by atoms with E-state index in [1.807, 2.05) is 6.07 Å². The van der Waals surface area contributed by atoms with E-state index >= 15 is 0 Å². The zero-order chi connectivity index (χ0) is 25.3. The molecule has 2 heterocycles. The van der Waals surface area contributed by atoms with E-state index in [1.54, 1.807) is 12.1 Å². The second-order valence-electron chi connectivity index (χ2n) is 9.27. The number of carbonyl (C=O) groups excluding carboxylic acids is 1. The Bertz CT molecular complexity index is 1040. The van der Waals surface area contributed by atoms with Crippen molar-refractivity contribution < 1.29 is 31.8 Å². The summed E-state index contributed by atoms with van der Waals surface area (Å²) in [7, 11) is 2.35. The normalized spacial score (nSPS) is 22.0. The van der Waals surface area contributed by atoms with Crippen LogP contribution in [0.2, 0.25) is 0 Å². The van der Waals surface area contributed by atoms with Crippen LogP contribution in [0.4, 0.5) is 17.6 Å². The summed E-state index contributed by atoms with van der Waals surface area (Å²) in [4.78, 5) is 14.7. The van der Waals surface area contributed by atoms with E-state index in [4.69, 9.17) is 9.47 Å². The van der Waals surface area contributed by atoms with E-state index in [1.165, 1.54) is 42.3 Å². The topological polar surface area (TPSA) is 50.8 Å². The Morgan fingerprint density at radius 1 is 1.03 bits per heavy atom. The van der Waals surface area contributed by atoms with Gasteiger partial charge in [-0.1, -0.05) is 42.5 Å². The fourth-order valence-electron chi connectivity index (χ4n) is 5.81. The van der Waals surface area contributed by atoms with E-state index in [-0.39, 0.29) is 35.7 Å². The van der Waals surface area contributed by atoms with E-state index in [0.29, 0.717) is 19.4 Å². The van der Waals surface area contributed by atoms with Gasteiger partial charge in [0.05, 0.1) is 7.11 Å². The molecule has 2 aromatic rings. The van der Waals surface area contributed by atoms with Crippen LogP contribution in [0.1, 0.15) is 36.3 Å². The lowest BCUT2D eigenvalue weighted by atomic mass is 9.62. The van der Waals surface area contributed by atoms with Crippen molar-refractivity contribution in [2.75, 3.05) is 40.4 Å². The molecule has 2 fully saturated rings. The van der Waals surface area contributed by atoms with Crippen LogP contribution in [0.3, 0.4) is 0 Å². The molecule has 1 spiro atoms. The molecular formula is C26H30F4N2O3. The van der Waals surface area contributed by atoms with Gasteiger partial charge in [0.1, 0.15) is 0 Å². The van der Waals surface area contributed by atoms with Crippen LogP contribution in [-0.2, 0) is 15.1 Å². The van der Waals surface area contributed by atoms with Crippen LogP contribution in [0.15, 0.2) is 48.5 Å². The minimum absolute atomic E-state index is 0.0944. The number of ether oxygens (including phenoxy) is 2. The van der Waals surface area contributed by atoms with Gasteiger partial charge in [-0.2, -0.15) is 13.2 Å². The Labute approximate surface area is 202 Å². The highest BCUT2D eigenvalue weighted by atomic mass is 19.4. The maximum absolute atomic E-state index is 14.5. The molecule has 190 valence electrons. The number of amides is 1. The van der Waals surface area contributed by atoms with Crippen molar-refractivity contribution in [3.63, 3.8) is 0 Å². The number of carbonyl (C=O) groups is 1. The molecule has 2 aliphatic heterocycles. The standard InChI is InChI=1S/C26H30F4N2O3/c1-34-22-19(9-6-10-21(22)27)20-17-31-14-11-24(20)12-15-32(16-13-24)23(33)25(35-2,26(28,29)30)18-7-4-3-5-8-18/h3-10,20,31H,11-17H2,1-2H3/t20?,25-/m1/s1. The Hall–Kier alpha value is -2.65. The highest BCUT2D eigenvalue weighted by Gasteiger charge is 2.64. The summed E-state index contributed by atoms with van der Waals surface area (Å²) in [6, 6.07) is 11.9. The molecular weight excluding hydrogens is 464 g/mol. The molecule has 9 heteroatoms. The van der Waals surface area contributed by atoms with Crippen molar-refractivity contribution in [3.05, 3.63) is 65.5 Å². The van der Waals surface area contributed by atoms with Gasteiger partial charge in [0.15, 0.2) is 11.6 Å². The first-order chi connectivity index (χ1) is 16.7. The quantitative estimate of drug-likeness (QED) is 0.617. The first-order valence-corrected chi connectivity index (χ1v) is 11.7. The SMILES string of the molecule is COc1c(F)cccc1C1CNCCC12CCN(C(=O)[C@](OC)(c1ccccc1)C(F)(F)F)CC2. The van der Waals surface area contributed by atoms with E-state index in [0.717, 1.165) is 25.6 Å². The van der Waals surface area contributed by atoms with Crippen molar-refractivity contribution in [3.8, 4) is 5.75 Å². The monoisotopic (exact) mass is 494 g/mol. The molecule has 2 aromatic carbocycles. The number of likely N-dealkylation sites (tertiary alicyclic amines) is 1. The first-order valence-electron chi connectivity index (χ1n) is 11.7. The van der Waals surface area contributed by atoms with Gasteiger partial charge in [-0.05, 0) is 37.3 Å². The van der Waals surface area contributed by atoms with Gasteiger partial charge in [0.2, 0.25) is 0 Å². The fraction of sp³-hybridized carbons (Fsp3) is 0.500. The van der Waals surface area contributed by atoms with Crippen molar-refractivity contribution >= 4 is 5.91 Å². The highest BCUT2D eigenvalue weighted by molar-refractivity contribution is 5.88. The second-order valence-corrected chi connectivity index (χ2v) is 9.27. The summed E-state index contributed by atoms with van der Waals surface area (Å²) in [6.45, 7) is 1.65. The summed E-state index contributed by atoms with van der Waals surface area (Å²) >= 11 is 0. The molecule has 5 nitrogen and oxygen atoms in total. The van der Waals surface area contributed by atoms with Crippen molar-refractivity contribution in [2.24, 2.45) is 5.41 Å². The second kappa shape index (κ2) is 9.78. The summed E-state index contributed by atoms with van der Waals surface area (Å²) < 4.78 is 68.0. The fourth-order valence-corrected chi connectivity index (χ4v) is 5.81.